The first-order valence-corrected chi connectivity index (χ1v) is 12.1. The number of fused-ring (bicyclic) bond motifs is 1. The van der Waals surface area contributed by atoms with Crippen LogP contribution in [0.1, 0.15) is 0 Å². The second-order valence-corrected chi connectivity index (χ2v) is 9.21. The Morgan fingerprint density at radius 3 is 2.58 bits per heavy atom. The van der Waals surface area contributed by atoms with Crippen LogP contribution in [0, 0.1) is 0 Å². The first-order chi connectivity index (χ1) is 15.2. The Bertz CT molecular complexity index is 901. The van der Waals surface area contributed by atoms with Crippen LogP contribution in [0.25, 0.3) is 11.0 Å². The van der Waals surface area contributed by atoms with E-state index < -0.39 is 10.8 Å². The summed E-state index contributed by atoms with van der Waals surface area (Å²) in [6, 6.07) is 0. The smallest absolute Gasteiger partial charge is 0.228 e. The van der Waals surface area contributed by atoms with Gasteiger partial charge >= 0.3 is 0 Å². The molecule has 0 amide bonds. The number of hydrogen-bond acceptors (Lipinski definition) is 11. The van der Waals surface area contributed by atoms with E-state index in [2.05, 4.69) is 25.1 Å². The molecule has 12 heteroatoms. The van der Waals surface area contributed by atoms with E-state index in [-0.39, 0.29) is 6.61 Å². The molecule has 0 unspecified atom stereocenters. The van der Waals surface area contributed by atoms with E-state index in [1.54, 1.807) is 7.11 Å². The molecule has 2 aliphatic heterocycles. The number of ether oxygens (including phenoxy) is 1. The minimum Gasteiger partial charge on any atom is -0.395 e. The van der Waals surface area contributed by atoms with E-state index in [1.165, 1.54) is 6.33 Å². The Hall–Kier alpha value is -2.15. The molecule has 2 aromatic rings. The van der Waals surface area contributed by atoms with Crippen LogP contribution >= 0.6 is 0 Å². The van der Waals surface area contributed by atoms with Crippen LogP contribution in [0.4, 0.5) is 17.6 Å². The van der Waals surface area contributed by atoms with Gasteiger partial charge in [0.15, 0.2) is 11.6 Å². The Balaban J connectivity index is 1.81. The van der Waals surface area contributed by atoms with Crippen molar-refractivity contribution >= 4 is 39.4 Å². The molecule has 0 atom stereocenters. The fourth-order valence-corrected chi connectivity index (χ4v) is 4.91. The molecule has 0 saturated carbocycles. The van der Waals surface area contributed by atoms with Gasteiger partial charge in [-0.3, -0.25) is 4.21 Å². The summed E-state index contributed by atoms with van der Waals surface area (Å²) in [6.45, 7) is 6.23. The minimum atomic E-state index is -0.783. The molecule has 31 heavy (non-hydrogen) atoms. The van der Waals surface area contributed by atoms with E-state index in [9.17, 15) is 9.32 Å². The molecule has 2 aliphatic rings. The van der Waals surface area contributed by atoms with E-state index in [4.69, 9.17) is 14.7 Å². The monoisotopic (exact) mass is 450 g/mol. The van der Waals surface area contributed by atoms with Gasteiger partial charge in [-0.25, -0.2) is 15.0 Å². The molecule has 170 valence electrons. The molecule has 4 heterocycles. The Labute approximate surface area is 184 Å². The van der Waals surface area contributed by atoms with Crippen LogP contribution in [0.15, 0.2) is 6.33 Å². The lowest BCUT2D eigenvalue weighted by molar-refractivity contribution is 0.202. The maximum atomic E-state index is 11.9. The normalized spacial score (nSPS) is 18.0. The first kappa shape index (κ1) is 22.1. The van der Waals surface area contributed by atoms with Crippen molar-refractivity contribution in [2.24, 2.45) is 0 Å². The quantitative estimate of drug-likeness (QED) is 0.507. The Morgan fingerprint density at radius 1 is 1.10 bits per heavy atom. The second kappa shape index (κ2) is 10.4. The summed E-state index contributed by atoms with van der Waals surface area (Å²) < 4.78 is 17.2. The fraction of sp³-hybridized carbons (Fsp3) is 0.684. The SMILES string of the molecule is COCCN(CCO)c1ncnc2c(N3CCS(=O)CC3)nc(N3CCNCC3)nc12. The van der Waals surface area contributed by atoms with Gasteiger partial charge in [0.25, 0.3) is 0 Å². The lowest BCUT2D eigenvalue weighted by Gasteiger charge is -2.32. The van der Waals surface area contributed by atoms with Crippen molar-refractivity contribution in [1.82, 2.24) is 25.3 Å². The summed E-state index contributed by atoms with van der Waals surface area (Å²) in [4.78, 5) is 25.2. The highest BCUT2D eigenvalue weighted by atomic mass is 32.2. The number of rotatable bonds is 8. The third-order valence-corrected chi connectivity index (χ3v) is 6.82. The summed E-state index contributed by atoms with van der Waals surface area (Å²) in [5, 5.41) is 13.0. The van der Waals surface area contributed by atoms with Crippen LogP contribution in [0.5, 0.6) is 0 Å². The Kier molecular flexibility index (Phi) is 7.43. The molecule has 0 aromatic carbocycles. The Morgan fingerprint density at radius 2 is 1.87 bits per heavy atom. The van der Waals surface area contributed by atoms with Gasteiger partial charge in [0, 0.05) is 81.8 Å². The van der Waals surface area contributed by atoms with Crippen molar-refractivity contribution < 1.29 is 14.1 Å². The van der Waals surface area contributed by atoms with Crippen molar-refractivity contribution in [2.45, 2.75) is 0 Å². The molecule has 0 bridgehead atoms. The molecular formula is C19H30N8O3S. The zero-order chi connectivity index (χ0) is 21.6. The number of piperazine rings is 1. The number of aliphatic hydroxyl groups excluding tert-OH is 1. The van der Waals surface area contributed by atoms with Crippen molar-refractivity contribution in [3.8, 4) is 0 Å². The number of nitrogens with zero attached hydrogens (tertiary/aromatic N) is 7. The van der Waals surface area contributed by atoms with Gasteiger partial charge < -0.3 is 29.9 Å². The van der Waals surface area contributed by atoms with Gasteiger partial charge in [-0.15, -0.1) is 0 Å². The minimum absolute atomic E-state index is 0.00422. The molecule has 4 rings (SSSR count). The second-order valence-electron chi connectivity index (χ2n) is 7.52. The largest absolute Gasteiger partial charge is 0.395 e. The van der Waals surface area contributed by atoms with Crippen LogP contribution in [-0.4, -0.2) is 113 Å². The average Bonchev–Trinajstić information content (AvgIpc) is 2.82. The molecule has 0 radical (unpaired) electrons. The predicted octanol–water partition coefficient (Wildman–Crippen LogP) is -1.16. The number of aliphatic hydroxyl groups is 1. The van der Waals surface area contributed by atoms with E-state index >= 15 is 0 Å². The number of anilines is 3. The summed E-state index contributed by atoms with van der Waals surface area (Å²) in [5.74, 6) is 3.32. The summed E-state index contributed by atoms with van der Waals surface area (Å²) in [6.07, 6.45) is 1.52. The number of methoxy groups -OCH3 is 1. The summed E-state index contributed by atoms with van der Waals surface area (Å²) in [7, 11) is 0.868. The fourth-order valence-electron chi connectivity index (χ4n) is 3.86. The standard InChI is InChI=1S/C19H30N8O3S/c1-30-11-7-25(6-10-28)17-16-15(21-14-22-17)18(26-8-12-31(29)13-9-26)24-19(23-16)27-4-2-20-3-5-27/h14,20,28H,2-13H2,1H3. The van der Waals surface area contributed by atoms with Crippen LogP contribution in [0.3, 0.4) is 0 Å². The predicted molar refractivity (Wildman–Crippen MR) is 121 cm³/mol. The van der Waals surface area contributed by atoms with Crippen molar-refractivity contribution in [3.63, 3.8) is 0 Å². The highest BCUT2D eigenvalue weighted by Crippen LogP contribution is 2.30. The number of aromatic nitrogens is 4. The maximum absolute atomic E-state index is 11.9. The van der Waals surface area contributed by atoms with E-state index in [1.807, 2.05) is 4.90 Å². The van der Waals surface area contributed by atoms with E-state index in [0.717, 1.165) is 32.0 Å². The van der Waals surface area contributed by atoms with Gasteiger partial charge in [0.1, 0.15) is 17.4 Å². The first-order valence-electron chi connectivity index (χ1n) is 10.6. The lowest BCUT2D eigenvalue weighted by atomic mass is 10.3. The lowest BCUT2D eigenvalue weighted by Crippen LogP contribution is -2.44. The van der Waals surface area contributed by atoms with E-state index in [0.29, 0.717) is 67.1 Å². The van der Waals surface area contributed by atoms with Crippen LogP contribution < -0.4 is 20.0 Å². The summed E-state index contributed by atoms with van der Waals surface area (Å²) >= 11 is 0. The maximum Gasteiger partial charge on any atom is 0.228 e. The number of hydrogen-bond donors (Lipinski definition) is 2. The van der Waals surface area contributed by atoms with Crippen molar-refractivity contribution in [1.29, 1.82) is 0 Å². The molecule has 2 fully saturated rings. The molecule has 0 spiro atoms. The molecule has 2 saturated heterocycles. The molecule has 2 N–H and O–H groups in total. The molecule has 2 aromatic heterocycles. The third kappa shape index (κ3) is 5.03. The summed E-state index contributed by atoms with van der Waals surface area (Å²) in [5.41, 5.74) is 1.34. The molecule has 11 nitrogen and oxygen atoms in total. The van der Waals surface area contributed by atoms with Crippen molar-refractivity contribution in [3.05, 3.63) is 6.33 Å². The molecular weight excluding hydrogens is 420 g/mol. The molecule has 0 aliphatic carbocycles. The van der Waals surface area contributed by atoms with Gasteiger partial charge in [0.2, 0.25) is 5.95 Å². The zero-order valence-electron chi connectivity index (χ0n) is 17.9. The highest BCUT2D eigenvalue weighted by Gasteiger charge is 2.25. The van der Waals surface area contributed by atoms with Crippen LogP contribution in [0.2, 0.25) is 0 Å². The van der Waals surface area contributed by atoms with Crippen molar-refractivity contribution in [2.75, 3.05) is 98.9 Å². The highest BCUT2D eigenvalue weighted by molar-refractivity contribution is 7.85. The van der Waals surface area contributed by atoms with Gasteiger partial charge in [-0.2, -0.15) is 4.98 Å². The third-order valence-electron chi connectivity index (χ3n) is 5.54. The average molecular weight is 451 g/mol. The van der Waals surface area contributed by atoms with Gasteiger partial charge in [0.05, 0.1) is 13.2 Å². The van der Waals surface area contributed by atoms with Crippen LogP contribution in [-0.2, 0) is 15.5 Å². The van der Waals surface area contributed by atoms with Gasteiger partial charge in [-0.05, 0) is 0 Å². The van der Waals surface area contributed by atoms with Gasteiger partial charge in [-0.1, -0.05) is 0 Å². The zero-order valence-corrected chi connectivity index (χ0v) is 18.7. The topological polar surface area (TPSA) is 120 Å². The number of nitrogens with one attached hydrogen (secondary N) is 1.